The lowest BCUT2D eigenvalue weighted by Crippen LogP contribution is -2.37. The van der Waals surface area contributed by atoms with Crippen molar-refractivity contribution in [2.24, 2.45) is 0 Å². The van der Waals surface area contributed by atoms with Gasteiger partial charge < -0.3 is 24.4 Å². The van der Waals surface area contributed by atoms with Crippen molar-refractivity contribution in [3.8, 4) is 0 Å². The maximum Gasteiger partial charge on any atom is 0.412 e. The maximum absolute atomic E-state index is 12.0. The Morgan fingerprint density at radius 3 is 2.50 bits per heavy atom. The van der Waals surface area contributed by atoms with Gasteiger partial charge in [0.25, 0.3) is 0 Å². The van der Waals surface area contributed by atoms with Gasteiger partial charge in [0, 0.05) is 38.8 Å². The van der Waals surface area contributed by atoms with Crippen molar-refractivity contribution in [1.82, 2.24) is 15.2 Å². The van der Waals surface area contributed by atoms with E-state index in [2.05, 4.69) is 10.3 Å². The molecular weight excluding hydrogens is 390 g/mol. The second-order valence-corrected chi connectivity index (χ2v) is 6.35. The highest BCUT2D eigenvalue weighted by molar-refractivity contribution is 5.78. The first kappa shape index (κ1) is 22.7. The minimum atomic E-state index is -1.13. The Hall–Kier alpha value is -3.62. The number of hydrogen-bond donors (Lipinski definition) is 1. The third kappa shape index (κ3) is 8.59. The van der Waals surface area contributed by atoms with Crippen molar-refractivity contribution >= 4 is 18.2 Å². The minimum absolute atomic E-state index is 0.106. The number of benzene rings is 1. The molecule has 9 nitrogen and oxygen atoms in total. The molecule has 160 valence electrons. The standard InChI is InChI=1S/C21H25N3O6/c1-16(30-21(27)24(2)13-11-18-10-6-7-12-22-18)29-20(26)23-14-19(25)28-15-17-8-4-3-5-9-17/h3-10,12,16H,11,13-15H2,1-2H3,(H,23,26). The van der Waals surface area contributed by atoms with E-state index in [1.165, 1.54) is 11.8 Å². The molecule has 2 rings (SSSR count). The summed E-state index contributed by atoms with van der Waals surface area (Å²) in [4.78, 5) is 41.0. The lowest BCUT2D eigenvalue weighted by atomic mass is 10.2. The van der Waals surface area contributed by atoms with Gasteiger partial charge in [-0.25, -0.2) is 9.59 Å². The zero-order valence-corrected chi connectivity index (χ0v) is 16.9. The van der Waals surface area contributed by atoms with Gasteiger partial charge in [-0.15, -0.1) is 0 Å². The smallest absolute Gasteiger partial charge is 0.412 e. The van der Waals surface area contributed by atoms with Crippen LogP contribution in [-0.4, -0.2) is 54.5 Å². The van der Waals surface area contributed by atoms with Crippen molar-refractivity contribution < 1.29 is 28.6 Å². The predicted molar refractivity (Wildman–Crippen MR) is 107 cm³/mol. The molecule has 0 spiro atoms. The first-order chi connectivity index (χ1) is 14.4. The molecule has 0 fully saturated rings. The molecule has 1 atom stereocenters. The molecule has 0 saturated carbocycles. The van der Waals surface area contributed by atoms with Gasteiger partial charge in [-0.05, 0) is 17.7 Å². The van der Waals surface area contributed by atoms with Gasteiger partial charge in [-0.2, -0.15) is 0 Å². The Morgan fingerprint density at radius 2 is 1.80 bits per heavy atom. The van der Waals surface area contributed by atoms with Gasteiger partial charge in [-0.3, -0.25) is 9.78 Å². The van der Waals surface area contributed by atoms with Crippen LogP contribution >= 0.6 is 0 Å². The van der Waals surface area contributed by atoms with Gasteiger partial charge in [0.1, 0.15) is 13.2 Å². The largest absolute Gasteiger partial charge is 0.460 e. The summed E-state index contributed by atoms with van der Waals surface area (Å²) in [7, 11) is 1.57. The number of amides is 2. The molecule has 2 amide bonds. The molecule has 0 aliphatic heterocycles. The van der Waals surface area contributed by atoms with Crippen LogP contribution in [-0.2, 0) is 32.0 Å². The third-order valence-electron chi connectivity index (χ3n) is 3.90. The van der Waals surface area contributed by atoms with E-state index in [-0.39, 0.29) is 13.2 Å². The average Bonchev–Trinajstić information content (AvgIpc) is 2.75. The highest BCUT2D eigenvalue weighted by Crippen LogP contribution is 2.03. The molecule has 0 saturated heterocycles. The quantitative estimate of drug-likeness (QED) is 0.495. The minimum Gasteiger partial charge on any atom is -0.460 e. The van der Waals surface area contributed by atoms with Crippen LogP contribution < -0.4 is 5.32 Å². The number of pyridine rings is 1. The van der Waals surface area contributed by atoms with Crippen LogP contribution in [0.5, 0.6) is 0 Å². The Kier molecular flexibility index (Phi) is 9.11. The first-order valence-electron chi connectivity index (χ1n) is 9.39. The molecular formula is C21H25N3O6. The summed E-state index contributed by atoms with van der Waals surface area (Å²) in [5.41, 5.74) is 1.68. The fourth-order valence-corrected chi connectivity index (χ4v) is 2.30. The van der Waals surface area contributed by atoms with Crippen molar-refractivity contribution in [2.45, 2.75) is 26.2 Å². The normalized spacial score (nSPS) is 11.1. The van der Waals surface area contributed by atoms with Crippen LogP contribution in [0.3, 0.4) is 0 Å². The van der Waals surface area contributed by atoms with Crippen molar-refractivity contribution in [3.05, 3.63) is 66.0 Å². The monoisotopic (exact) mass is 415 g/mol. The number of nitrogens with zero attached hydrogens (tertiary/aromatic N) is 2. The van der Waals surface area contributed by atoms with E-state index in [0.29, 0.717) is 13.0 Å². The molecule has 1 heterocycles. The summed E-state index contributed by atoms with van der Waals surface area (Å²) >= 11 is 0. The highest BCUT2D eigenvalue weighted by atomic mass is 16.7. The lowest BCUT2D eigenvalue weighted by molar-refractivity contribution is -0.144. The van der Waals surface area contributed by atoms with Gasteiger partial charge in [-0.1, -0.05) is 36.4 Å². The van der Waals surface area contributed by atoms with Crippen LogP contribution in [0.4, 0.5) is 9.59 Å². The van der Waals surface area contributed by atoms with Crippen LogP contribution in [0.1, 0.15) is 18.2 Å². The van der Waals surface area contributed by atoms with Crippen LogP contribution in [0.25, 0.3) is 0 Å². The lowest BCUT2D eigenvalue weighted by Gasteiger charge is -2.20. The van der Waals surface area contributed by atoms with Crippen molar-refractivity contribution in [1.29, 1.82) is 0 Å². The second-order valence-electron chi connectivity index (χ2n) is 6.35. The molecule has 1 aromatic heterocycles. The number of ether oxygens (including phenoxy) is 3. The van der Waals surface area contributed by atoms with Gasteiger partial charge in [0.15, 0.2) is 0 Å². The van der Waals surface area contributed by atoms with E-state index in [9.17, 15) is 14.4 Å². The van der Waals surface area contributed by atoms with Crippen LogP contribution in [0.2, 0.25) is 0 Å². The summed E-state index contributed by atoms with van der Waals surface area (Å²) in [6, 6.07) is 14.7. The number of nitrogens with one attached hydrogen (secondary N) is 1. The number of carbonyl (C=O) groups excluding carboxylic acids is 3. The number of aromatic nitrogens is 1. The topological polar surface area (TPSA) is 107 Å². The maximum atomic E-state index is 12.0. The van der Waals surface area contributed by atoms with E-state index in [0.717, 1.165) is 11.3 Å². The molecule has 0 aliphatic carbocycles. The van der Waals surface area contributed by atoms with E-state index in [1.807, 2.05) is 48.5 Å². The summed E-state index contributed by atoms with van der Waals surface area (Å²) in [6.07, 6.45) is -0.431. The molecule has 2 aromatic rings. The Morgan fingerprint density at radius 1 is 1.07 bits per heavy atom. The molecule has 1 N–H and O–H groups in total. The fraction of sp³-hybridized carbons (Fsp3) is 0.333. The number of esters is 1. The van der Waals surface area contributed by atoms with Crippen LogP contribution in [0, 0.1) is 0 Å². The van der Waals surface area contributed by atoms with E-state index < -0.39 is 24.4 Å². The predicted octanol–water partition coefficient (Wildman–Crippen LogP) is 2.51. The molecule has 1 unspecified atom stereocenters. The summed E-state index contributed by atoms with van der Waals surface area (Å²) in [5.74, 6) is -0.616. The number of rotatable bonds is 9. The van der Waals surface area contributed by atoms with E-state index >= 15 is 0 Å². The van der Waals surface area contributed by atoms with Gasteiger partial charge in [0.05, 0.1) is 0 Å². The number of carbonyl (C=O) groups is 3. The fourth-order valence-electron chi connectivity index (χ4n) is 2.30. The third-order valence-corrected chi connectivity index (χ3v) is 3.90. The number of alkyl carbamates (subject to hydrolysis) is 1. The summed E-state index contributed by atoms with van der Waals surface area (Å²) < 4.78 is 15.0. The van der Waals surface area contributed by atoms with Crippen molar-refractivity contribution in [2.75, 3.05) is 20.1 Å². The molecule has 0 bridgehead atoms. The number of hydrogen-bond acceptors (Lipinski definition) is 7. The zero-order chi connectivity index (χ0) is 21.8. The molecule has 1 aromatic carbocycles. The number of likely N-dealkylation sites (N-methyl/N-ethyl adjacent to an activating group) is 1. The van der Waals surface area contributed by atoms with E-state index in [4.69, 9.17) is 14.2 Å². The summed E-state index contributed by atoms with van der Waals surface area (Å²) in [5, 5.41) is 2.25. The molecule has 0 aliphatic rings. The summed E-state index contributed by atoms with van der Waals surface area (Å²) in [6.45, 7) is 1.53. The second kappa shape index (κ2) is 12.1. The van der Waals surface area contributed by atoms with Crippen LogP contribution in [0.15, 0.2) is 54.7 Å². The van der Waals surface area contributed by atoms with Gasteiger partial charge in [0.2, 0.25) is 6.29 Å². The highest BCUT2D eigenvalue weighted by Gasteiger charge is 2.18. The zero-order valence-electron chi connectivity index (χ0n) is 16.9. The molecule has 30 heavy (non-hydrogen) atoms. The SMILES string of the molecule is CC(OC(=O)NCC(=O)OCc1ccccc1)OC(=O)N(C)CCc1ccccn1. The molecule has 9 heteroatoms. The Labute approximate surface area is 174 Å². The Bertz CT molecular complexity index is 816. The van der Waals surface area contributed by atoms with Gasteiger partial charge >= 0.3 is 18.2 Å². The van der Waals surface area contributed by atoms with Crippen molar-refractivity contribution in [3.63, 3.8) is 0 Å². The first-order valence-corrected chi connectivity index (χ1v) is 9.39. The van der Waals surface area contributed by atoms with E-state index in [1.54, 1.807) is 13.2 Å². The molecule has 0 radical (unpaired) electrons. The Balaban J connectivity index is 1.62. The average molecular weight is 415 g/mol.